The Morgan fingerprint density at radius 3 is 2.15 bits per heavy atom. The van der Waals surface area contributed by atoms with Gasteiger partial charge in [0.2, 0.25) is 0 Å². The molecule has 0 aromatic heterocycles. The lowest BCUT2D eigenvalue weighted by Crippen LogP contribution is -1.85. The largest absolute Gasteiger partial charge is 0.288 e. The molecule has 0 saturated carbocycles. The Hall–Kier alpha value is 0.140. The monoisotopic (exact) mass is 294 g/mol. The highest BCUT2D eigenvalue weighted by molar-refractivity contribution is 14.1. The van der Waals surface area contributed by atoms with Crippen molar-refractivity contribution in [2.75, 3.05) is 0 Å². The predicted molar refractivity (Wildman–Crippen MR) is 66.2 cm³/mol. The predicted octanol–water partition coefficient (Wildman–Crippen LogP) is 4.25. The fourth-order valence-electron chi connectivity index (χ4n) is 1.26. The third-order valence-corrected chi connectivity index (χ3v) is 2.57. The Morgan fingerprint density at radius 1 is 1.08 bits per heavy atom. The first-order valence-electron chi connectivity index (χ1n) is 5.06. The van der Waals surface area contributed by atoms with E-state index in [2.05, 4.69) is 6.58 Å². The molecule has 0 unspecified atom stereocenters. The van der Waals surface area contributed by atoms with Crippen molar-refractivity contribution >= 4 is 26.4 Å². The van der Waals surface area contributed by atoms with E-state index in [9.17, 15) is 4.79 Å². The molecule has 0 aromatic carbocycles. The molecule has 0 amide bonds. The van der Waals surface area contributed by atoms with E-state index >= 15 is 0 Å². The van der Waals surface area contributed by atoms with Gasteiger partial charge in [-0.15, -0.1) is 6.58 Å². The summed E-state index contributed by atoms with van der Waals surface area (Å²) in [5.74, 6) is 0. The van der Waals surface area contributed by atoms with Crippen molar-refractivity contribution in [2.24, 2.45) is 0 Å². The molecular weight excluding hydrogens is 275 g/mol. The number of rotatable bonds is 9. The minimum Gasteiger partial charge on any atom is -0.288 e. The molecule has 0 atom stereocenters. The van der Waals surface area contributed by atoms with Gasteiger partial charge in [0.15, 0.2) is 3.79 Å². The van der Waals surface area contributed by atoms with Gasteiger partial charge < -0.3 is 0 Å². The topological polar surface area (TPSA) is 17.1 Å². The Labute approximate surface area is 95.1 Å². The van der Waals surface area contributed by atoms with Crippen LogP contribution in [-0.4, -0.2) is 3.79 Å². The minimum absolute atomic E-state index is 0.296. The molecule has 76 valence electrons. The molecule has 0 aromatic rings. The van der Waals surface area contributed by atoms with Crippen LogP contribution in [0.5, 0.6) is 0 Å². The van der Waals surface area contributed by atoms with Gasteiger partial charge in [-0.2, -0.15) is 0 Å². The van der Waals surface area contributed by atoms with Gasteiger partial charge in [0, 0.05) is 6.42 Å². The van der Waals surface area contributed by atoms with Crippen molar-refractivity contribution in [3.63, 3.8) is 0 Å². The summed E-state index contributed by atoms with van der Waals surface area (Å²) in [5, 5.41) is 0. The van der Waals surface area contributed by atoms with Crippen LogP contribution in [0.25, 0.3) is 0 Å². The van der Waals surface area contributed by atoms with E-state index in [4.69, 9.17) is 0 Å². The molecule has 13 heavy (non-hydrogen) atoms. The molecular formula is C11H19IO. The average molecular weight is 294 g/mol. The molecule has 0 radical (unpaired) electrons. The van der Waals surface area contributed by atoms with Crippen LogP contribution >= 0.6 is 22.6 Å². The van der Waals surface area contributed by atoms with Crippen LogP contribution in [0.1, 0.15) is 51.4 Å². The highest BCUT2D eigenvalue weighted by Gasteiger charge is 1.94. The maximum absolute atomic E-state index is 10.6. The highest BCUT2D eigenvalue weighted by Crippen LogP contribution is 2.09. The van der Waals surface area contributed by atoms with Crippen molar-refractivity contribution in [2.45, 2.75) is 51.4 Å². The highest BCUT2D eigenvalue weighted by atomic mass is 127. The normalized spacial score (nSPS) is 9.92. The first-order chi connectivity index (χ1) is 6.27. The molecule has 0 aliphatic carbocycles. The second kappa shape index (κ2) is 10.2. The van der Waals surface area contributed by atoms with Gasteiger partial charge in [-0.3, -0.25) is 4.79 Å². The fourth-order valence-corrected chi connectivity index (χ4v) is 1.64. The van der Waals surface area contributed by atoms with Gasteiger partial charge in [-0.05, 0) is 41.9 Å². The quantitative estimate of drug-likeness (QED) is 0.269. The third-order valence-electron chi connectivity index (χ3n) is 2.03. The zero-order valence-corrected chi connectivity index (χ0v) is 10.4. The molecule has 0 saturated heterocycles. The van der Waals surface area contributed by atoms with Gasteiger partial charge >= 0.3 is 0 Å². The smallest absolute Gasteiger partial charge is 0.192 e. The van der Waals surface area contributed by atoms with Crippen LogP contribution in [0.4, 0.5) is 0 Å². The van der Waals surface area contributed by atoms with Crippen molar-refractivity contribution in [3.8, 4) is 0 Å². The van der Waals surface area contributed by atoms with Crippen LogP contribution in [0.2, 0.25) is 0 Å². The number of hydrogen-bond acceptors (Lipinski definition) is 1. The SMILES string of the molecule is C=CCCCCCCCCC(=O)I. The zero-order chi connectivity index (χ0) is 9.94. The summed E-state index contributed by atoms with van der Waals surface area (Å²) >= 11 is 1.87. The van der Waals surface area contributed by atoms with E-state index in [1.807, 2.05) is 28.7 Å². The second-order valence-corrected chi connectivity index (χ2v) is 4.51. The third kappa shape index (κ3) is 12.1. The van der Waals surface area contributed by atoms with Gasteiger partial charge in [-0.25, -0.2) is 0 Å². The number of hydrogen-bond donors (Lipinski definition) is 0. The zero-order valence-electron chi connectivity index (χ0n) is 8.23. The van der Waals surface area contributed by atoms with E-state index in [1.54, 1.807) is 0 Å². The molecule has 0 heterocycles. The molecule has 0 aliphatic heterocycles. The van der Waals surface area contributed by atoms with Gasteiger partial charge in [0.05, 0.1) is 0 Å². The van der Waals surface area contributed by atoms with E-state index < -0.39 is 0 Å². The number of carbonyl (C=O) groups is 1. The second-order valence-electron chi connectivity index (χ2n) is 3.30. The number of halogens is 1. The van der Waals surface area contributed by atoms with E-state index in [1.165, 1.54) is 32.1 Å². The van der Waals surface area contributed by atoms with Crippen molar-refractivity contribution in [3.05, 3.63) is 12.7 Å². The van der Waals surface area contributed by atoms with Crippen LogP contribution in [-0.2, 0) is 4.79 Å². The Kier molecular flexibility index (Phi) is 10.3. The molecule has 0 rings (SSSR count). The fraction of sp³-hybridized carbons (Fsp3) is 0.727. The van der Waals surface area contributed by atoms with Gasteiger partial charge in [0.1, 0.15) is 0 Å². The number of unbranched alkanes of at least 4 members (excludes halogenated alkanes) is 6. The van der Waals surface area contributed by atoms with E-state index in [-0.39, 0.29) is 0 Å². The average Bonchev–Trinajstić information content (AvgIpc) is 2.09. The summed E-state index contributed by atoms with van der Waals surface area (Å²) < 4.78 is 0.296. The first-order valence-corrected chi connectivity index (χ1v) is 6.14. The van der Waals surface area contributed by atoms with E-state index in [0.29, 0.717) is 3.79 Å². The van der Waals surface area contributed by atoms with Gasteiger partial charge in [-0.1, -0.05) is 31.8 Å². The lowest BCUT2D eigenvalue weighted by molar-refractivity contribution is -0.109. The van der Waals surface area contributed by atoms with Crippen molar-refractivity contribution in [1.82, 2.24) is 0 Å². The summed E-state index contributed by atoms with van der Waals surface area (Å²) in [4.78, 5) is 10.6. The maximum atomic E-state index is 10.6. The summed E-state index contributed by atoms with van der Waals surface area (Å²) in [6.07, 6.45) is 11.3. The van der Waals surface area contributed by atoms with Crippen LogP contribution < -0.4 is 0 Å². The minimum atomic E-state index is 0.296. The maximum Gasteiger partial charge on any atom is 0.192 e. The summed E-state index contributed by atoms with van der Waals surface area (Å²) in [7, 11) is 0. The van der Waals surface area contributed by atoms with Crippen molar-refractivity contribution < 1.29 is 4.79 Å². The van der Waals surface area contributed by atoms with Crippen LogP contribution in [0, 0.1) is 0 Å². The molecule has 0 aliphatic rings. The summed E-state index contributed by atoms with van der Waals surface area (Å²) in [6, 6.07) is 0. The Morgan fingerprint density at radius 2 is 1.62 bits per heavy atom. The first kappa shape index (κ1) is 13.1. The lowest BCUT2D eigenvalue weighted by atomic mass is 10.1. The molecule has 2 heteroatoms. The molecule has 1 nitrogen and oxygen atoms in total. The molecule has 0 N–H and O–H groups in total. The van der Waals surface area contributed by atoms with Crippen LogP contribution in [0.3, 0.4) is 0 Å². The standard InChI is InChI=1S/C11H19IO/c1-2-3-4-5-6-7-8-9-10-11(12)13/h2H,1,3-10H2. The summed E-state index contributed by atoms with van der Waals surface area (Å²) in [6.45, 7) is 3.69. The van der Waals surface area contributed by atoms with Gasteiger partial charge in [0.25, 0.3) is 0 Å². The van der Waals surface area contributed by atoms with E-state index in [0.717, 1.165) is 19.3 Å². The summed E-state index contributed by atoms with van der Waals surface area (Å²) in [5.41, 5.74) is 0. The Balaban J connectivity index is 2.91. The molecule has 0 spiro atoms. The van der Waals surface area contributed by atoms with Crippen molar-refractivity contribution in [1.29, 1.82) is 0 Å². The molecule has 0 bridgehead atoms. The lowest BCUT2D eigenvalue weighted by Gasteiger charge is -1.98. The number of allylic oxidation sites excluding steroid dienone is 1. The number of carbonyl (C=O) groups excluding carboxylic acids is 1. The molecule has 0 fully saturated rings. The van der Waals surface area contributed by atoms with Crippen LogP contribution in [0.15, 0.2) is 12.7 Å². The Bertz CT molecular complexity index is 143.